The van der Waals surface area contributed by atoms with Gasteiger partial charge in [0.2, 0.25) is 0 Å². The lowest BCUT2D eigenvalue weighted by molar-refractivity contribution is 0.495. The zero-order valence-electron chi connectivity index (χ0n) is 6.07. The first-order valence-corrected chi connectivity index (χ1v) is 4.30. The van der Waals surface area contributed by atoms with Crippen LogP contribution in [0.3, 0.4) is 0 Å². The number of thioether (sulfide) groups is 1. The first-order valence-electron chi connectivity index (χ1n) is 3.07. The lowest BCUT2D eigenvalue weighted by atomic mass is 10.3. The Morgan fingerprint density at radius 1 is 1.45 bits per heavy atom. The van der Waals surface area contributed by atoms with Gasteiger partial charge in [-0.3, -0.25) is 0 Å². The second-order valence-electron chi connectivity index (χ2n) is 1.84. The standard InChI is InChI=1S/C8H7NOS/c1-11-8-5-3-2-4-7(8)10-6-9/h2-5H,1H3. The van der Waals surface area contributed by atoms with E-state index >= 15 is 0 Å². The Labute approximate surface area is 69.8 Å². The van der Waals surface area contributed by atoms with Gasteiger partial charge in [-0.1, -0.05) is 12.1 Å². The lowest BCUT2D eigenvalue weighted by Gasteiger charge is -2.00. The molecule has 1 rings (SSSR count). The molecule has 0 unspecified atom stereocenters. The van der Waals surface area contributed by atoms with Crippen LogP contribution in [-0.4, -0.2) is 6.26 Å². The van der Waals surface area contributed by atoms with Crippen LogP contribution in [0.25, 0.3) is 0 Å². The first-order chi connectivity index (χ1) is 5.38. The molecule has 0 aliphatic heterocycles. The van der Waals surface area contributed by atoms with Crippen molar-refractivity contribution in [3.8, 4) is 12.0 Å². The Kier molecular flexibility index (Phi) is 2.82. The van der Waals surface area contributed by atoms with Crippen LogP contribution in [0.2, 0.25) is 0 Å². The maximum atomic E-state index is 8.26. The molecule has 0 fully saturated rings. The fourth-order valence-electron chi connectivity index (χ4n) is 0.752. The van der Waals surface area contributed by atoms with Crippen LogP contribution < -0.4 is 4.74 Å². The van der Waals surface area contributed by atoms with Gasteiger partial charge in [0.05, 0.1) is 4.90 Å². The Morgan fingerprint density at radius 3 is 2.82 bits per heavy atom. The Hall–Kier alpha value is -1.14. The zero-order chi connectivity index (χ0) is 8.10. The van der Waals surface area contributed by atoms with Gasteiger partial charge < -0.3 is 4.74 Å². The largest absolute Gasteiger partial charge is 0.387 e. The molecule has 2 nitrogen and oxygen atoms in total. The van der Waals surface area contributed by atoms with Gasteiger partial charge in [-0.25, -0.2) is 0 Å². The molecule has 0 aliphatic rings. The topological polar surface area (TPSA) is 33.0 Å². The summed E-state index contributed by atoms with van der Waals surface area (Å²) in [6, 6.07) is 7.44. The van der Waals surface area contributed by atoms with E-state index in [-0.39, 0.29) is 0 Å². The number of benzene rings is 1. The molecule has 0 aromatic heterocycles. The third-order valence-corrected chi connectivity index (χ3v) is 2.00. The summed E-state index contributed by atoms with van der Waals surface area (Å²) in [5.41, 5.74) is 0. The Balaban J connectivity index is 2.94. The van der Waals surface area contributed by atoms with Gasteiger partial charge in [0.25, 0.3) is 6.26 Å². The molecule has 0 radical (unpaired) electrons. The van der Waals surface area contributed by atoms with E-state index in [0.717, 1.165) is 4.90 Å². The normalized spacial score (nSPS) is 8.73. The summed E-state index contributed by atoms with van der Waals surface area (Å²) in [5.74, 6) is 0.627. The molecule has 1 aromatic rings. The van der Waals surface area contributed by atoms with Crippen LogP contribution in [0.15, 0.2) is 29.2 Å². The van der Waals surface area contributed by atoms with Gasteiger partial charge >= 0.3 is 0 Å². The minimum atomic E-state index is 0.627. The van der Waals surface area contributed by atoms with Crippen molar-refractivity contribution in [3.63, 3.8) is 0 Å². The van der Waals surface area contributed by atoms with Gasteiger partial charge in [0, 0.05) is 0 Å². The molecule has 0 N–H and O–H groups in total. The van der Waals surface area contributed by atoms with Crippen molar-refractivity contribution in [2.24, 2.45) is 0 Å². The van der Waals surface area contributed by atoms with E-state index in [1.165, 1.54) is 0 Å². The van der Waals surface area contributed by atoms with Crippen LogP contribution in [0, 0.1) is 11.5 Å². The van der Waals surface area contributed by atoms with Crippen molar-refractivity contribution in [2.45, 2.75) is 4.90 Å². The summed E-state index contributed by atoms with van der Waals surface area (Å²) < 4.78 is 4.71. The molecule has 1 aromatic carbocycles. The minimum absolute atomic E-state index is 0.627. The van der Waals surface area contributed by atoms with Crippen molar-refractivity contribution < 1.29 is 4.74 Å². The molecule has 0 bridgehead atoms. The number of nitrogens with zero attached hydrogens (tertiary/aromatic N) is 1. The van der Waals surface area contributed by atoms with Crippen molar-refractivity contribution in [3.05, 3.63) is 24.3 Å². The van der Waals surface area contributed by atoms with E-state index < -0.39 is 0 Å². The molecule has 11 heavy (non-hydrogen) atoms. The molecule has 56 valence electrons. The highest BCUT2D eigenvalue weighted by Gasteiger charge is 1.98. The lowest BCUT2D eigenvalue weighted by Crippen LogP contribution is -1.83. The van der Waals surface area contributed by atoms with E-state index in [9.17, 15) is 0 Å². The Morgan fingerprint density at radius 2 is 2.18 bits per heavy atom. The molecule has 0 aliphatic carbocycles. The minimum Gasteiger partial charge on any atom is -0.387 e. The quantitative estimate of drug-likeness (QED) is 0.498. The summed E-state index contributed by atoms with van der Waals surface area (Å²) in [5, 5.41) is 8.26. The van der Waals surface area contributed by atoms with Gasteiger partial charge in [0.1, 0.15) is 0 Å². The third kappa shape index (κ3) is 1.89. The highest BCUT2D eigenvalue weighted by Crippen LogP contribution is 2.26. The molecular weight excluding hydrogens is 158 g/mol. The van der Waals surface area contributed by atoms with E-state index in [1.807, 2.05) is 24.5 Å². The summed E-state index contributed by atoms with van der Waals surface area (Å²) >= 11 is 1.56. The fourth-order valence-corrected chi connectivity index (χ4v) is 1.28. The molecular formula is C8H7NOS. The van der Waals surface area contributed by atoms with Crippen LogP contribution in [-0.2, 0) is 0 Å². The van der Waals surface area contributed by atoms with Crippen molar-refractivity contribution in [1.29, 1.82) is 5.26 Å². The summed E-state index contributed by atoms with van der Waals surface area (Å²) in [4.78, 5) is 0.981. The maximum Gasteiger partial charge on any atom is 0.292 e. The van der Waals surface area contributed by atoms with Crippen LogP contribution >= 0.6 is 11.8 Å². The number of para-hydroxylation sites is 1. The molecule has 0 saturated heterocycles. The summed E-state index contributed by atoms with van der Waals surface area (Å²) in [6.45, 7) is 0. The smallest absolute Gasteiger partial charge is 0.292 e. The van der Waals surface area contributed by atoms with E-state index in [4.69, 9.17) is 10.00 Å². The molecule has 0 heterocycles. The average molecular weight is 165 g/mol. The van der Waals surface area contributed by atoms with E-state index in [2.05, 4.69) is 0 Å². The van der Waals surface area contributed by atoms with Crippen LogP contribution in [0.5, 0.6) is 5.75 Å². The monoisotopic (exact) mass is 165 g/mol. The highest BCUT2D eigenvalue weighted by molar-refractivity contribution is 7.98. The highest BCUT2D eigenvalue weighted by atomic mass is 32.2. The molecule has 0 spiro atoms. The fraction of sp³-hybridized carbons (Fsp3) is 0.125. The number of hydrogen-bond donors (Lipinski definition) is 0. The van der Waals surface area contributed by atoms with Crippen molar-refractivity contribution in [2.75, 3.05) is 6.26 Å². The van der Waals surface area contributed by atoms with Crippen molar-refractivity contribution >= 4 is 11.8 Å². The second-order valence-corrected chi connectivity index (χ2v) is 2.69. The van der Waals surface area contributed by atoms with Gasteiger partial charge in [-0.05, 0) is 18.4 Å². The molecule has 0 saturated carbocycles. The predicted molar refractivity (Wildman–Crippen MR) is 44.5 cm³/mol. The Bertz CT molecular complexity index is 280. The maximum absolute atomic E-state index is 8.26. The molecule has 0 amide bonds. The first kappa shape index (κ1) is 7.96. The van der Waals surface area contributed by atoms with Crippen molar-refractivity contribution in [1.82, 2.24) is 0 Å². The van der Waals surface area contributed by atoms with E-state index in [1.54, 1.807) is 24.1 Å². The molecule has 3 heteroatoms. The summed E-state index contributed by atoms with van der Waals surface area (Å²) in [7, 11) is 0. The van der Waals surface area contributed by atoms with E-state index in [0.29, 0.717) is 5.75 Å². The van der Waals surface area contributed by atoms with Crippen LogP contribution in [0.1, 0.15) is 0 Å². The van der Waals surface area contributed by atoms with Gasteiger partial charge in [0.15, 0.2) is 5.75 Å². The zero-order valence-corrected chi connectivity index (χ0v) is 6.89. The molecule has 0 atom stereocenters. The van der Waals surface area contributed by atoms with Crippen LogP contribution in [0.4, 0.5) is 0 Å². The number of hydrogen-bond acceptors (Lipinski definition) is 3. The third-order valence-electron chi connectivity index (χ3n) is 1.22. The summed E-state index contributed by atoms with van der Waals surface area (Å²) in [6.07, 6.45) is 3.59. The number of rotatable bonds is 2. The predicted octanol–water partition coefficient (Wildman–Crippen LogP) is 2.27. The van der Waals surface area contributed by atoms with Gasteiger partial charge in [-0.15, -0.1) is 17.0 Å². The second kappa shape index (κ2) is 3.89. The number of nitriles is 1. The SMILES string of the molecule is CSc1ccccc1OC#N. The number of ether oxygens (including phenoxy) is 1. The van der Waals surface area contributed by atoms with Gasteiger partial charge in [-0.2, -0.15) is 0 Å². The average Bonchev–Trinajstić information content (AvgIpc) is 2.06.